The molecule has 0 unspecified atom stereocenters. The Bertz CT molecular complexity index is 587. The Hall–Kier alpha value is -1.97. The second-order valence-electron chi connectivity index (χ2n) is 5.33. The van der Waals surface area contributed by atoms with Crippen molar-refractivity contribution in [3.63, 3.8) is 0 Å². The van der Waals surface area contributed by atoms with Crippen molar-refractivity contribution in [2.45, 2.75) is 40.3 Å². The molecule has 20 heavy (non-hydrogen) atoms. The Labute approximate surface area is 120 Å². The molecule has 0 aliphatic rings. The second kappa shape index (κ2) is 5.99. The maximum Gasteiger partial charge on any atom is 0.126 e. The number of aryl methyl sites for hydroxylation is 1. The number of aromatic nitrogens is 2. The molecule has 0 saturated heterocycles. The third-order valence-electron chi connectivity index (χ3n) is 3.57. The Morgan fingerprint density at radius 1 is 1.30 bits per heavy atom. The van der Waals surface area contributed by atoms with Crippen LogP contribution in [0.2, 0.25) is 0 Å². The van der Waals surface area contributed by atoms with Crippen molar-refractivity contribution in [3.8, 4) is 5.75 Å². The topological polar surface area (TPSA) is 39.1 Å². The molecule has 0 bridgehead atoms. The van der Waals surface area contributed by atoms with Crippen LogP contribution in [0, 0.1) is 13.8 Å². The molecular formula is C16H23N3O. The molecule has 4 nitrogen and oxygen atoms in total. The molecule has 108 valence electrons. The fourth-order valence-corrected chi connectivity index (χ4v) is 2.45. The number of ether oxygens (including phenoxy) is 1. The summed E-state index contributed by atoms with van der Waals surface area (Å²) in [6.07, 6.45) is 3.79. The highest BCUT2D eigenvalue weighted by Crippen LogP contribution is 2.29. The van der Waals surface area contributed by atoms with Gasteiger partial charge in [0.05, 0.1) is 25.7 Å². The van der Waals surface area contributed by atoms with Gasteiger partial charge in [-0.05, 0) is 39.3 Å². The van der Waals surface area contributed by atoms with E-state index in [1.165, 1.54) is 5.69 Å². The SMILES string of the molecule is COc1c(C)ccc(NCc2cncn2C(C)C)c1C. The van der Waals surface area contributed by atoms with Gasteiger partial charge in [0.2, 0.25) is 0 Å². The van der Waals surface area contributed by atoms with Gasteiger partial charge in [0.15, 0.2) is 0 Å². The first-order chi connectivity index (χ1) is 9.54. The quantitative estimate of drug-likeness (QED) is 0.902. The fourth-order valence-electron chi connectivity index (χ4n) is 2.45. The van der Waals surface area contributed by atoms with E-state index < -0.39 is 0 Å². The summed E-state index contributed by atoms with van der Waals surface area (Å²) < 4.78 is 7.63. The third-order valence-corrected chi connectivity index (χ3v) is 3.57. The predicted octanol–water partition coefficient (Wildman–Crippen LogP) is 3.70. The van der Waals surface area contributed by atoms with Crippen molar-refractivity contribution < 1.29 is 4.74 Å². The lowest BCUT2D eigenvalue weighted by Crippen LogP contribution is -2.09. The molecule has 0 saturated carbocycles. The fraction of sp³-hybridized carbons (Fsp3) is 0.438. The lowest BCUT2D eigenvalue weighted by Gasteiger charge is -2.16. The van der Waals surface area contributed by atoms with Crippen LogP contribution in [0.4, 0.5) is 5.69 Å². The molecule has 0 radical (unpaired) electrons. The first-order valence-corrected chi connectivity index (χ1v) is 6.93. The van der Waals surface area contributed by atoms with Crippen LogP contribution < -0.4 is 10.1 Å². The van der Waals surface area contributed by atoms with Crippen LogP contribution in [0.3, 0.4) is 0 Å². The average molecular weight is 273 g/mol. The molecule has 0 aliphatic heterocycles. The van der Waals surface area contributed by atoms with Gasteiger partial charge in [-0.3, -0.25) is 0 Å². The van der Waals surface area contributed by atoms with Crippen molar-refractivity contribution in [2.24, 2.45) is 0 Å². The summed E-state index contributed by atoms with van der Waals surface area (Å²) in [7, 11) is 1.72. The summed E-state index contributed by atoms with van der Waals surface area (Å²) in [6, 6.07) is 4.60. The monoisotopic (exact) mass is 273 g/mol. The number of benzene rings is 1. The van der Waals surface area contributed by atoms with Gasteiger partial charge in [-0.25, -0.2) is 4.98 Å². The first-order valence-electron chi connectivity index (χ1n) is 6.93. The molecule has 0 amide bonds. The van der Waals surface area contributed by atoms with E-state index in [9.17, 15) is 0 Å². The number of nitrogens with one attached hydrogen (secondary N) is 1. The highest BCUT2D eigenvalue weighted by atomic mass is 16.5. The zero-order valence-corrected chi connectivity index (χ0v) is 12.9. The van der Waals surface area contributed by atoms with E-state index in [2.05, 4.69) is 54.7 Å². The number of imidazole rings is 1. The molecule has 0 aliphatic carbocycles. The van der Waals surface area contributed by atoms with E-state index >= 15 is 0 Å². The van der Waals surface area contributed by atoms with Crippen LogP contribution >= 0.6 is 0 Å². The Morgan fingerprint density at radius 3 is 2.70 bits per heavy atom. The minimum atomic E-state index is 0.419. The van der Waals surface area contributed by atoms with E-state index in [0.29, 0.717) is 6.04 Å². The molecule has 1 N–H and O–H groups in total. The van der Waals surface area contributed by atoms with Crippen LogP contribution in [0.25, 0.3) is 0 Å². The van der Waals surface area contributed by atoms with Crippen LogP contribution in [0.1, 0.15) is 36.7 Å². The Morgan fingerprint density at radius 2 is 2.05 bits per heavy atom. The Kier molecular flexibility index (Phi) is 4.32. The average Bonchev–Trinajstić information content (AvgIpc) is 2.87. The zero-order valence-electron chi connectivity index (χ0n) is 12.9. The standard InChI is InChI=1S/C16H23N3O/c1-11(2)19-10-17-8-14(19)9-18-15-7-6-12(3)16(20-5)13(15)4/h6-8,10-11,18H,9H2,1-5H3. The molecule has 1 aromatic carbocycles. The van der Waals surface area contributed by atoms with Crippen molar-refractivity contribution in [2.75, 3.05) is 12.4 Å². The van der Waals surface area contributed by atoms with E-state index in [-0.39, 0.29) is 0 Å². The molecule has 4 heteroatoms. The van der Waals surface area contributed by atoms with Crippen molar-refractivity contribution >= 4 is 5.69 Å². The molecule has 1 aromatic heterocycles. The van der Waals surface area contributed by atoms with Crippen LogP contribution in [-0.4, -0.2) is 16.7 Å². The number of methoxy groups -OCH3 is 1. The van der Waals surface area contributed by atoms with Crippen LogP contribution in [0.15, 0.2) is 24.7 Å². The summed E-state index contributed by atoms with van der Waals surface area (Å²) in [5.41, 5.74) is 4.58. The Balaban J connectivity index is 2.17. The van der Waals surface area contributed by atoms with Gasteiger partial charge < -0.3 is 14.6 Å². The number of hydrogen-bond donors (Lipinski definition) is 1. The molecule has 2 rings (SSSR count). The summed E-state index contributed by atoms with van der Waals surface area (Å²) in [5, 5.41) is 3.47. The van der Waals surface area contributed by atoms with E-state index in [0.717, 1.165) is 29.1 Å². The van der Waals surface area contributed by atoms with Crippen molar-refractivity contribution in [3.05, 3.63) is 41.5 Å². The summed E-state index contributed by atoms with van der Waals surface area (Å²) >= 11 is 0. The van der Waals surface area contributed by atoms with Crippen molar-refractivity contribution in [1.82, 2.24) is 9.55 Å². The van der Waals surface area contributed by atoms with Crippen LogP contribution in [-0.2, 0) is 6.54 Å². The zero-order chi connectivity index (χ0) is 14.7. The molecule has 0 spiro atoms. The molecular weight excluding hydrogens is 250 g/mol. The lowest BCUT2D eigenvalue weighted by molar-refractivity contribution is 0.409. The maximum atomic E-state index is 5.46. The van der Waals surface area contributed by atoms with E-state index in [4.69, 9.17) is 4.74 Å². The number of rotatable bonds is 5. The van der Waals surface area contributed by atoms with Gasteiger partial charge in [-0.1, -0.05) is 6.07 Å². The third kappa shape index (κ3) is 2.79. The van der Waals surface area contributed by atoms with Gasteiger partial charge in [0.1, 0.15) is 5.75 Å². The highest BCUT2D eigenvalue weighted by Gasteiger charge is 2.09. The predicted molar refractivity (Wildman–Crippen MR) is 82.4 cm³/mol. The van der Waals surface area contributed by atoms with Crippen molar-refractivity contribution in [1.29, 1.82) is 0 Å². The lowest BCUT2D eigenvalue weighted by atomic mass is 10.1. The molecule has 1 heterocycles. The van der Waals surface area contributed by atoms with Gasteiger partial charge in [-0.15, -0.1) is 0 Å². The van der Waals surface area contributed by atoms with Gasteiger partial charge >= 0.3 is 0 Å². The maximum absolute atomic E-state index is 5.46. The highest BCUT2D eigenvalue weighted by molar-refractivity contribution is 5.59. The van der Waals surface area contributed by atoms with E-state index in [1.807, 2.05) is 12.5 Å². The van der Waals surface area contributed by atoms with Crippen LogP contribution in [0.5, 0.6) is 5.75 Å². The summed E-state index contributed by atoms with van der Waals surface area (Å²) in [5.74, 6) is 0.951. The summed E-state index contributed by atoms with van der Waals surface area (Å²) in [6.45, 7) is 9.21. The molecule has 2 aromatic rings. The first kappa shape index (κ1) is 14.4. The minimum absolute atomic E-state index is 0.419. The normalized spacial score (nSPS) is 10.9. The molecule has 0 fully saturated rings. The van der Waals surface area contributed by atoms with Gasteiger partial charge in [0.25, 0.3) is 0 Å². The van der Waals surface area contributed by atoms with E-state index in [1.54, 1.807) is 7.11 Å². The number of nitrogens with zero attached hydrogens (tertiary/aromatic N) is 2. The number of hydrogen-bond acceptors (Lipinski definition) is 3. The molecule has 0 atom stereocenters. The minimum Gasteiger partial charge on any atom is -0.496 e. The second-order valence-corrected chi connectivity index (χ2v) is 5.33. The summed E-state index contributed by atoms with van der Waals surface area (Å²) in [4.78, 5) is 4.22. The van der Waals surface area contributed by atoms with Gasteiger partial charge in [-0.2, -0.15) is 0 Å². The number of anilines is 1. The van der Waals surface area contributed by atoms with Gasteiger partial charge in [0, 0.05) is 23.5 Å². The smallest absolute Gasteiger partial charge is 0.126 e. The largest absolute Gasteiger partial charge is 0.496 e.